The van der Waals surface area contributed by atoms with E-state index in [9.17, 15) is 9.90 Å². The van der Waals surface area contributed by atoms with Crippen molar-refractivity contribution in [3.63, 3.8) is 0 Å². The minimum atomic E-state index is 0.158. The van der Waals surface area contributed by atoms with E-state index in [1.807, 2.05) is 12.1 Å². The second-order valence-electron chi connectivity index (χ2n) is 3.74. The number of para-hydroxylation sites is 1. The highest BCUT2D eigenvalue weighted by molar-refractivity contribution is 9.10. The van der Waals surface area contributed by atoms with Gasteiger partial charge in [-0.3, -0.25) is 0 Å². The van der Waals surface area contributed by atoms with Crippen molar-refractivity contribution in [2.24, 2.45) is 4.99 Å². The number of nitrogens with zero attached hydrogens (tertiary/aromatic N) is 1. The minimum Gasteiger partial charge on any atom is -0.508 e. The van der Waals surface area contributed by atoms with Gasteiger partial charge in [0.2, 0.25) is 6.08 Å². The van der Waals surface area contributed by atoms with Gasteiger partial charge in [-0.2, -0.15) is 4.99 Å². The summed E-state index contributed by atoms with van der Waals surface area (Å²) in [4.78, 5) is 13.9. The van der Waals surface area contributed by atoms with Crippen molar-refractivity contribution in [1.82, 2.24) is 0 Å². The van der Waals surface area contributed by atoms with Gasteiger partial charge in [0, 0.05) is 5.56 Å². The van der Waals surface area contributed by atoms with Gasteiger partial charge in [-0.05, 0) is 40.2 Å². The van der Waals surface area contributed by atoms with Crippen LogP contribution in [0, 0.1) is 0 Å². The third kappa shape index (κ3) is 3.44. The molecular weight excluding hydrogens is 310 g/mol. The molecule has 0 atom stereocenters. The maximum absolute atomic E-state index is 10.3. The fourth-order valence-corrected chi connectivity index (χ4v) is 2.03. The van der Waals surface area contributed by atoms with Crippen LogP contribution in [0.25, 0.3) is 0 Å². The van der Waals surface area contributed by atoms with Crippen molar-refractivity contribution in [2.45, 2.75) is 6.61 Å². The summed E-state index contributed by atoms with van der Waals surface area (Å²) in [6.07, 6.45) is 1.52. The van der Waals surface area contributed by atoms with E-state index in [4.69, 9.17) is 4.74 Å². The Kier molecular flexibility index (Phi) is 4.34. The van der Waals surface area contributed by atoms with E-state index in [0.29, 0.717) is 15.9 Å². The number of benzene rings is 2. The molecule has 0 fully saturated rings. The number of phenolic OH excluding ortho intramolecular Hbond substituents is 1. The van der Waals surface area contributed by atoms with Crippen molar-refractivity contribution in [3.8, 4) is 11.5 Å². The maximum Gasteiger partial charge on any atom is 0.240 e. The van der Waals surface area contributed by atoms with Crippen LogP contribution in [0.3, 0.4) is 0 Å². The lowest BCUT2D eigenvalue weighted by Crippen LogP contribution is -1.96. The maximum atomic E-state index is 10.3. The number of ether oxygens (including phenoxy) is 1. The Morgan fingerprint density at radius 1 is 1.26 bits per heavy atom. The Labute approximate surface area is 118 Å². The molecule has 0 bridgehead atoms. The van der Waals surface area contributed by atoms with Gasteiger partial charge in [0.25, 0.3) is 0 Å². The molecule has 4 nitrogen and oxygen atoms in total. The highest BCUT2D eigenvalue weighted by Gasteiger charge is 2.05. The number of carbonyl (C=O) groups excluding carboxylic acids is 1. The lowest BCUT2D eigenvalue weighted by Gasteiger charge is -2.09. The van der Waals surface area contributed by atoms with E-state index >= 15 is 0 Å². The molecule has 2 aromatic carbocycles. The van der Waals surface area contributed by atoms with Gasteiger partial charge >= 0.3 is 0 Å². The normalized spacial score (nSPS) is 9.74. The number of phenols is 1. The summed E-state index contributed by atoms with van der Waals surface area (Å²) in [6, 6.07) is 11.9. The number of aromatic hydroxyl groups is 1. The van der Waals surface area contributed by atoms with E-state index < -0.39 is 0 Å². The summed E-state index contributed by atoms with van der Waals surface area (Å²) < 4.78 is 6.27. The van der Waals surface area contributed by atoms with E-state index in [0.717, 1.165) is 5.56 Å². The van der Waals surface area contributed by atoms with Gasteiger partial charge in [-0.25, -0.2) is 4.79 Å². The molecule has 19 heavy (non-hydrogen) atoms. The van der Waals surface area contributed by atoms with Crippen molar-refractivity contribution in [1.29, 1.82) is 0 Å². The summed E-state index contributed by atoms with van der Waals surface area (Å²) in [5.74, 6) is 0.757. The standard InChI is InChI=1S/C14H10BrNO3/c15-12-7-11(18)5-6-14(12)19-8-10-3-1-2-4-13(10)16-9-17/h1-7,18H,8H2. The van der Waals surface area contributed by atoms with Crippen molar-refractivity contribution >= 4 is 27.7 Å². The first kappa shape index (κ1) is 13.3. The first-order chi connectivity index (χ1) is 9.20. The monoisotopic (exact) mass is 319 g/mol. The molecule has 2 aromatic rings. The number of aliphatic imine (C=N–C) groups is 1. The van der Waals surface area contributed by atoms with Gasteiger partial charge in [0.05, 0.1) is 10.2 Å². The third-order valence-electron chi connectivity index (χ3n) is 2.46. The van der Waals surface area contributed by atoms with Gasteiger partial charge < -0.3 is 9.84 Å². The number of hydrogen-bond acceptors (Lipinski definition) is 4. The number of halogens is 1. The molecule has 0 unspecified atom stereocenters. The lowest BCUT2D eigenvalue weighted by atomic mass is 10.2. The van der Waals surface area contributed by atoms with E-state index in [2.05, 4.69) is 20.9 Å². The van der Waals surface area contributed by atoms with Crippen molar-refractivity contribution < 1.29 is 14.6 Å². The first-order valence-corrected chi connectivity index (χ1v) is 6.27. The highest BCUT2D eigenvalue weighted by atomic mass is 79.9. The van der Waals surface area contributed by atoms with Crippen molar-refractivity contribution in [2.75, 3.05) is 0 Å². The number of isocyanates is 1. The molecule has 0 saturated heterocycles. The molecule has 96 valence electrons. The van der Waals surface area contributed by atoms with Crippen LogP contribution in [0.2, 0.25) is 0 Å². The second kappa shape index (κ2) is 6.18. The number of hydrogen-bond donors (Lipinski definition) is 1. The Balaban J connectivity index is 2.16. The molecule has 0 aliphatic heterocycles. The predicted molar refractivity (Wildman–Crippen MR) is 74.4 cm³/mol. The molecule has 5 heteroatoms. The summed E-state index contributed by atoms with van der Waals surface area (Å²) in [5, 5.41) is 9.29. The van der Waals surface area contributed by atoms with Crippen LogP contribution < -0.4 is 4.74 Å². The van der Waals surface area contributed by atoms with Gasteiger partial charge in [0.1, 0.15) is 18.1 Å². The van der Waals surface area contributed by atoms with Gasteiger partial charge in [-0.15, -0.1) is 0 Å². The molecular formula is C14H10BrNO3. The average Bonchev–Trinajstić information content (AvgIpc) is 2.40. The fourth-order valence-electron chi connectivity index (χ4n) is 1.55. The van der Waals surface area contributed by atoms with Crippen LogP contribution in [-0.4, -0.2) is 11.2 Å². The van der Waals surface area contributed by atoms with Crippen LogP contribution in [0.4, 0.5) is 5.69 Å². The topological polar surface area (TPSA) is 58.9 Å². The average molecular weight is 320 g/mol. The third-order valence-corrected chi connectivity index (χ3v) is 3.08. The molecule has 0 spiro atoms. The van der Waals surface area contributed by atoms with Crippen molar-refractivity contribution in [3.05, 3.63) is 52.5 Å². The Hall–Kier alpha value is -2.10. The second-order valence-corrected chi connectivity index (χ2v) is 4.59. The van der Waals surface area contributed by atoms with E-state index in [1.165, 1.54) is 12.1 Å². The zero-order valence-corrected chi connectivity index (χ0v) is 11.4. The quantitative estimate of drug-likeness (QED) is 0.690. The van der Waals surface area contributed by atoms with Gasteiger partial charge in [-0.1, -0.05) is 18.2 Å². The minimum absolute atomic E-state index is 0.158. The molecule has 2 rings (SSSR count). The Morgan fingerprint density at radius 2 is 2.05 bits per heavy atom. The summed E-state index contributed by atoms with van der Waals surface area (Å²) in [5.41, 5.74) is 1.32. The number of rotatable bonds is 4. The predicted octanol–water partition coefficient (Wildman–Crippen LogP) is 3.70. The summed E-state index contributed by atoms with van der Waals surface area (Å²) in [7, 11) is 0. The zero-order valence-electron chi connectivity index (χ0n) is 9.84. The van der Waals surface area contributed by atoms with Crippen LogP contribution in [0.15, 0.2) is 51.9 Å². The molecule has 0 aromatic heterocycles. The highest BCUT2D eigenvalue weighted by Crippen LogP contribution is 2.30. The molecule has 0 aliphatic carbocycles. The molecule has 0 saturated carbocycles. The SMILES string of the molecule is O=C=Nc1ccccc1COc1ccc(O)cc1Br. The first-order valence-electron chi connectivity index (χ1n) is 5.48. The summed E-state index contributed by atoms with van der Waals surface area (Å²) in [6.45, 7) is 0.269. The molecule has 0 radical (unpaired) electrons. The zero-order chi connectivity index (χ0) is 13.7. The van der Waals surface area contributed by atoms with Gasteiger partial charge in [0.15, 0.2) is 0 Å². The van der Waals surface area contributed by atoms with Crippen LogP contribution in [0.1, 0.15) is 5.56 Å². The van der Waals surface area contributed by atoms with Crippen LogP contribution >= 0.6 is 15.9 Å². The molecule has 0 heterocycles. The molecule has 1 N–H and O–H groups in total. The largest absolute Gasteiger partial charge is 0.508 e. The Bertz CT molecular complexity index is 636. The lowest BCUT2D eigenvalue weighted by molar-refractivity contribution is 0.304. The molecule has 0 amide bonds. The van der Waals surface area contributed by atoms with Crippen LogP contribution in [0.5, 0.6) is 11.5 Å². The van der Waals surface area contributed by atoms with Crippen LogP contribution in [-0.2, 0) is 11.4 Å². The fraction of sp³-hybridized carbons (Fsp3) is 0.0714. The summed E-state index contributed by atoms with van der Waals surface area (Å²) >= 11 is 3.30. The molecule has 0 aliphatic rings. The Morgan fingerprint density at radius 3 is 2.79 bits per heavy atom. The smallest absolute Gasteiger partial charge is 0.240 e. The van der Waals surface area contributed by atoms with E-state index in [-0.39, 0.29) is 12.4 Å². The van der Waals surface area contributed by atoms with E-state index in [1.54, 1.807) is 24.3 Å².